The summed E-state index contributed by atoms with van der Waals surface area (Å²) in [6.45, 7) is 15.3. The molecule has 0 aromatic heterocycles. The summed E-state index contributed by atoms with van der Waals surface area (Å²) in [5.41, 5.74) is 0. The van der Waals surface area contributed by atoms with Crippen molar-refractivity contribution in [3.05, 3.63) is 0 Å². The first-order chi connectivity index (χ1) is 23.3. The number of unbranched alkanes of at least 4 members (excludes halogenated alkanes) is 8. The Bertz CT molecular complexity index is 585. The quantitative estimate of drug-likeness (QED) is 0.0635. The number of esters is 1. The monoisotopic (exact) mass is 682 g/mol. The van der Waals surface area contributed by atoms with E-state index >= 15 is 0 Å². The average Bonchev–Trinajstić information content (AvgIpc) is 3.08. The topological polar surface area (TPSA) is 119 Å². The van der Waals surface area contributed by atoms with E-state index in [9.17, 15) is 4.79 Å². The average molecular weight is 683 g/mol. The predicted molar refractivity (Wildman–Crippen MR) is 181 cm³/mol. The smallest absolute Gasteiger partial charge is 0.305 e. The summed E-state index contributed by atoms with van der Waals surface area (Å²) in [6, 6.07) is 0. The molecule has 47 heavy (non-hydrogen) atoms. The van der Waals surface area contributed by atoms with E-state index in [0.717, 1.165) is 25.9 Å². The van der Waals surface area contributed by atoms with Gasteiger partial charge in [0.05, 0.1) is 126 Å². The van der Waals surface area contributed by atoms with E-state index in [1.807, 2.05) is 0 Å². The summed E-state index contributed by atoms with van der Waals surface area (Å²) >= 11 is 0. The lowest BCUT2D eigenvalue weighted by molar-refractivity contribution is -0.145. The second-order valence-electron chi connectivity index (χ2n) is 10.9. The normalized spacial score (nSPS) is 11.4. The van der Waals surface area contributed by atoms with Crippen LogP contribution in [-0.4, -0.2) is 145 Å². The Morgan fingerprint density at radius 1 is 0.298 bits per heavy atom. The first kappa shape index (κ1) is 46.1. The third-order valence-electron chi connectivity index (χ3n) is 6.72. The molecule has 0 radical (unpaired) electrons. The van der Waals surface area contributed by atoms with Crippen LogP contribution in [-0.2, 0) is 56.9 Å². The van der Waals surface area contributed by atoms with Crippen molar-refractivity contribution in [3.8, 4) is 0 Å². The maximum absolute atomic E-state index is 11.7. The first-order valence-electron chi connectivity index (χ1n) is 18.2. The molecule has 282 valence electrons. The van der Waals surface area contributed by atoms with Gasteiger partial charge in [-0.2, -0.15) is 0 Å². The van der Waals surface area contributed by atoms with Crippen LogP contribution in [0.3, 0.4) is 0 Å². The van der Waals surface area contributed by atoms with Gasteiger partial charge in [-0.3, -0.25) is 4.79 Å². The van der Waals surface area contributed by atoms with Crippen molar-refractivity contribution in [1.29, 1.82) is 0 Å². The van der Waals surface area contributed by atoms with Gasteiger partial charge in [0.25, 0.3) is 0 Å². The molecule has 0 aliphatic carbocycles. The second kappa shape index (κ2) is 43.1. The lowest BCUT2D eigenvalue weighted by Gasteiger charge is -2.09. The molecular formula is C35H70O12. The van der Waals surface area contributed by atoms with Crippen molar-refractivity contribution in [3.63, 3.8) is 0 Å². The highest BCUT2D eigenvalue weighted by Gasteiger charge is 2.02. The minimum Gasteiger partial charge on any atom is -0.463 e. The van der Waals surface area contributed by atoms with Crippen molar-refractivity contribution in [2.45, 2.75) is 84.5 Å². The van der Waals surface area contributed by atoms with E-state index in [2.05, 4.69) is 13.8 Å². The van der Waals surface area contributed by atoms with E-state index in [0.29, 0.717) is 132 Å². The fraction of sp³-hybridized carbons (Fsp3) is 0.971. The Hall–Kier alpha value is -0.930. The van der Waals surface area contributed by atoms with Crippen molar-refractivity contribution in [2.24, 2.45) is 0 Å². The molecule has 0 fully saturated rings. The van der Waals surface area contributed by atoms with Gasteiger partial charge in [-0.15, -0.1) is 0 Å². The summed E-state index contributed by atoms with van der Waals surface area (Å²) in [5, 5.41) is 0. The van der Waals surface area contributed by atoms with Crippen LogP contribution >= 0.6 is 0 Å². The number of hydrogen-bond donors (Lipinski definition) is 0. The maximum atomic E-state index is 11.7. The summed E-state index contributed by atoms with van der Waals surface area (Å²) in [7, 11) is 0. The summed E-state index contributed by atoms with van der Waals surface area (Å²) in [5.74, 6) is -0.141. The second-order valence-corrected chi connectivity index (χ2v) is 10.9. The molecule has 12 heteroatoms. The van der Waals surface area contributed by atoms with Crippen LogP contribution in [0.5, 0.6) is 0 Å². The van der Waals surface area contributed by atoms with Gasteiger partial charge in [0.1, 0.15) is 6.61 Å². The summed E-state index contributed by atoms with van der Waals surface area (Å²) in [6.07, 6.45) is 12.3. The molecule has 0 aliphatic rings. The van der Waals surface area contributed by atoms with Crippen LogP contribution < -0.4 is 0 Å². The van der Waals surface area contributed by atoms with Crippen molar-refractivity contribution in [2.75, 3.05) is 139 Å². The molecule has 0 atom stereocenters. The zero-order valence-electron chi connectivity index (χ0n) is 30.0. The molecule has 0 amide bonds. The van der Waals surface area contributed by atoms with Crippen LogP contribution in [0, 0.1) is 0 Å². The van der Waals surface area contributed by atoms with Crippen molar-refractivity contribution < 1.29 is 56.9 Å². The van der Waals surface area contributed by atoms with Crippen molar-refractivity contribution in [1.82, 2.24) is 0 Å². The van der Waals surface area contributed by atoms with E-state index in [1.54, 1.807) is 0 Å². The molecule has 0 saturated heterocycles. The highest BCUT2D eigenvalue weighted by molar-refractivity contribution is 5.69. The predicted octanol–water partition coefficient (Wildman–Crippen LogP) is 5.03. The fourth-order valence-corrected chi connectivity index (χ4v) is 4.05. The van der Waals surface area contributed by atoms with Gasteiger partial charge in [0.15, 0.2) is 0 Å². The highest BCUT2D eigenvalue weighted by atomic mass is 16.6. The highest BCUT2D eigenvalue weighted by Crippen LogP contribution is 2.07. The molecule has 0 heterocycles. The molecule has 0 N–H and O–H groups in total. The molecule has 0 unspecified atom stereocenters. The van der Waals surface area contributed by atoms with E-state index < -0.39 is 0 Å². The summed E-state index contributed by atoms with van der Waals surface area (Å²) < 4.78 is 60.0. The van der Waals surface area contributed by atoms with Crippen LogP contribution in [0.15, 0.2) is 0 Å². The molecule has 0 rings (SSSR count). The fourth-order valence-electron chi connectivity index (χ4n) is 4.05. The number of rotatable bonds is 42. The van der Waals surface area contributed by atoms with E-state index in [-0.39, 0.29) is 12.6 Å². The SMILES string of the molecule is CCCCCCCCC(=O)OCCOCCOCCOCCOCCOCCOCCOCCOCCOCCOCCCCCC. The Morgan fingerprint density at radius 3 is 0.894 bits per heavy atom. The van der Waals surface area contributed by atoms with Crippen LogP contribution in [0.25, 0.3) is 0 Å². The van der Waals surface area contributed by atoms with Gasteiger partial charge in [-0.1, -0.05) is 65.2 Å². The lowest BCUT2D eigenvalue weighted by atomic mass is 10.1. The van der Waals surface area contributed by atoms with Gasteiger partial charge in [-0.05, 0) is 12.8 Å². The Morgan fingerprint density at radius 2 is 0.553 bits per heavy atom. The standard InChI is InChI=1S/C35H70O12/c1-3-5-7-9-10-11-13-35(36)47-34-33-46-32-31-45-30-29-44-28-27-43-26-25-42-24-23-41-22-21-40-20-19-39-18-17-38-16-15-37-14-12-8-6-4-2/h3-34H2,1-2H3. The molecular weight excluding hydrogens is 612 g/mol. The van der Waals surface area contributed by atoms with Crippen LogP contribution in [0.2, 0.25) is 0 Å². The largest absolute Gasteiger partial charge is 0.463 e. The molecule has 0 aliphatic heterocycles. The van der Waals surface area contributed by atoms with Gasteiger partial charge in [0.2, 0.25) is 0 Å². The number of hydrogen-bond acceptors (Lipinski definition) is 12. The molecule has 0 spiro atoms. The lowest BCUT2D eigenvalue weighted by Crippen LogP contribution is -2.15. The number of carbonyl (C=O) groups is 1. The molecule has 0 aromatic rings. The Balaban J connectivity index is 3.09. The molecule has 12 nitrogen and oxygen atoms in total. The van der Waals surface area contributed by atoms with Gasteiger partial charge >= 0.3 is 5.97 Å². The summed E-state index contributed by atoms with van der Waals surface area (Å²) in [4.78, 5) is 11.7. The van der Waals surface area contributed by atoms with Gasteiger partial charge in [-0.25, -0.2) is 0 Å². The van der Waals surface area contributed by atoms with E-state index in [4.69, 9.17) is 52.1 Å². The third kappa shape index (κ3) is 43.0. The van der Waals surface area contributed by atoms with Crippen LogP contribution in [0.4, 0.5) is 0 Å². The Labute approximate surface area is 286 Å². The van der Waals surface area contributed by atoms with E-state index in [1.165, 1.54) is 44.9 Å². The third-order valence-corrected chi connectivity index (χ3v) is 6.72. The molecule has 0 saturated carbocycles. The number of carbonyl (C=O) groups excluding carboxylic acids is 1. The zero-order valence-corrected chi connectivity index (χ0v) is 30.0. The van der Waals surface area contributed by atoms with Gasteiger partial charge in [0, 0.05) is 13.0 Å². The zero-order chi connectivity index (χ0) is 34.0. The minimum atomic E-state index is -0.141. The molecule has 0 bridgehead atoms. The van der Waals surface area contributed by atoms with Crippen LogP contribution in [0.1, 0.15) is 84.5 Å². The van der Waals surface area contributed by atoms with Crippen molar-refractivity contribution >= 4 is 5.97 Å². The van der Waals surface area contributed by atoms with Gasteiger partial charge < -0.3 is 52.1 Å². The first-order valence-corrected chi connectivity index (χ1v) is 18.2. The maximum Gasteiger partial charge on any atom is 0.305 e. The minimum absolute atomic E-state index is 0.141. The number of ether oxygens (including phenoxy) is 11. The Kier molecular flexibility index (Phi) is 42.2. The molecule has 0 aromatic carbocycles.